The molecule has 0 fully saturated rings. The van der Waals surface area contributed by atoms with Gasteiger partial charge in [0, 0.05) is 6.07 Å². The Bertz CT molecular complexity index is 482. The van der Waals surface area contributed by atoms with Gasteiger partial charge in [-0.05, 0) is 19.9 Å². The van der Waals surface area contributed by atoms with Crippen molar-refractivity contribution in [1.82, 2.24) is 0 Å². The molecule has 1 aromatic carbocycles. The van der Waals surface area contributed by atoms with Crippen molar-refractivity contribution in [2.24, 2.45) is 0 Å². The zero-order chi connectivity index (χ0) is 12.4. The van der Waals surface area contributed by atoms with Gasteiger partial charge in [0.15, 0.2) is 11.5 Å². The number of hydrogen-bond acceptors (Lipinski definition) is 4. The number of Topliss-reactive ketones (excluding diaryl/α,β-unsaturated/α-hetero) is 1. The van der Waals surface area contributed by atoms with Crippen LogP contribution in [0.25, 0.3) is 0 Å². The van der Waals surface area contributed by atoms with Gasteiger partial charge in [0.1, 0.15) is 0 Å². The summed E-state index contributed by atoms with van der Waals surface area (Å²) in [6.07, 6.45) is 0. The highest BCUT2D eigenvalue weighted by molar-refractivity contribution is 6.51. The number of ether oxygens (including phenoxy) is 2. The van der Waals surface area contributed by atoms with Crippen molar-refractivity contribution in [1.29, 1.82) is 0 Å². The predicted molar refractivity (Wildman–Crippen MR) is 61.7 cm³/mol. The van der Waals surface area contributed by atoms with E-state index in [2.05, 4.69) is 5.32 Å². The largest absolute Gasteiger partial charge is 0.490 e. The molecule has 17 heavy (non-hydrogen) atoms. The van der Waals surface area contributed by atoms with Crippen LogP contribution in [0.3, 0.4) is 0 Å². The van der Waals surface area contributed by atoms with Crippen LogP contribution in [0, 0.1) is 0 Å². The molecule has 0 saturated heterocycles. The van der Waals surface area contributed by atoms with Crippen LogP contribution >= 0.6 is 0 Å². The summed E-state index contributed by atoms with van der Waals surface area (Å²) in [5.74, 6) is -0.138. The molecule has 0 aromatic heterocycles. The molecule has 1 heterocycles. The molecular weight excluding hydrogens is 222 g/mol. The first kappa shape index (κ1) is 11.4. The van der Waals surface area contributed by atoms with Crippen molar-refractivity contribution in [3.05, 3.63) is 17.7 Å². The van der Waals surface area contributed by atoms with Crippen molar-refractivity contribution in [2.75, 3.05) is 18.5 Å². The molecule has 2 rings (SSSR count). The summed E-state index contributed by atoms with van der Waals surface area (Å²) >= 11 is 0. The normalized spacial score (nSPS) is 13.3. The highest BCUT2D eigenvalue weighted by Gasteiger charge is 2.29. The van der Waals surface area contributed by atoms with Crippen LogP contribution in [0.2, 0.25) is 0 Å². The summed E-state index contributed by atoms with van der Waals surface area (Å²) in [7, 11) is 0. The van der Waals surface area contributed by atoms with Crippen molar-refractivity contribution >= 4 is 17.4 Å². The molecule has 90 valence electrons. The first-order valence-electron chi connectivity index (χ1n) is 5.46. The van der Waals surface area contributed by atoms with Gasteiger partial charge >= 0.3 is 0 Å². The second-order valence-electron chi connectivity index (χ2n) is 3.49. The number of anilines is 1. The third-order valence-corrected chi connectivity index (χ3v) is 2.38. The highest BCUT2D eigenvalue weighted by Crippen LogP contribution is 2.36. The summed E-state index contributed by atoms with van der Waals surface area (Å²) in [6, 6.07) is 3.16. The molecule has 1 aliphatic heterocycles. The molecule has 0 aliphatic carbocycles. The predicted octanol–water partition coefficient (Wildman–Crippen LogP) is 1.62. The Morgan fingerprint density at radius 1 is 1.06 bits per heavy atom. The number of fused-ring (bicyclic) bond motifs is 1. The van der Waals surface area contributed by atoms with E-state index < -0.39 is 11.7 Å². The number of ketones is 1. The zero-order valence-electron chi connectivity index (χ0n) is 9.70. The molecule has 0 atom stereocenters. The molecule has 1 N–H and O–H groups in total. The van der Waals surface area contributed by atoms with E-state index in [9.17, 15) is 9.59 Å². The monoisotopic (exact) mass is 235 g/mol. The van der Waals surface area contributed by atoms with Crippen LogP contribution in [0.15, 0.2) is 12.1 Å². The summed E-state index contributed by atoms with van der Waals surface area (Å²) in [4.78, 5) is 22.7. The molecule has 5 nitrogen and oxygen atoms in total. The lowest BCUT2D eigenvalue weighted by atomic mass is 10.1. The van der Waals surface area contributed by atoms with Gasteiger partial charge in [-0.3, -0.25) is 9.59 Å². The molecule has 0 unspecified atom stereocenters. The van der Waals surface area contributed by atoms with E-state index in [0.29, 0.717) is 36.0 Å². The van der Waals surface area contributed by atoms with Gasteiger partial charge < -0.3 is 14.8 Å². The van der Waals surface area contributed by atoms with Crippen LogP contribution in [-0.2, 0) is 4.79 Å². The molecule has 1 aliphatic rings. The van der Waals surface area contributed by atoms with Crippen LogP contribution < -0.4 is 14.8 Å². The van der Waals surface area contributed by atoms with Crippen LogP contribution in [0.4, 0.5) is 5.69 Å². The summed E-state index contributed by atoms with van der Waals surface area (Å²) < 4.78 is 10.8. The van der Waals surface area contributed by atoms with Crippen molar-refractivity contribution < 1.29 is 19.1 Å². The Morgan fingerprint density at radius 3 is 2.24 bits per heavy atom. The number of hydrogen-bond donors (Lipinski definition) is 1. The zero-order valence-corrected chi connectivity index (χ0v) is 9.70. The minimum atomic E-state index is -0.615. The molecule has 0 saturated carbocycles. The third kappa shape index (κ3) is 1.95. The van der Waals surface area contributed by atoms with Gasteiger partial charge in [-0.2, -0.15) is 0 Å². The maximum Gasteiger partial charge on any atom is 0.296 e. The molecular formula is C12H13NO4. The minimum absolute atomic E-state index is 0.335. The first-order valence-corrected chi connectivity index (χ1v) is 5.46. The Hall–Kier alpha value is -2.04. The number of carbonyl (C=O) groups is 2. The van der Waals surface area contributed by atoms with Gasteiger partial charge in [0.25, 0.3) is 11.7 Å². The lowest BCUT2D eigenvalue weighted by Gasteiger charge is -2.11. The maximum atomic E-state index is 11.5. The van der Waals surface area contributed by atoms with Gasteiger partial charge in [-0.15, -0.1) is 0 Å². The summed E-state index contributed by atoms with van der Waals surface area (Å²) in [6.45, 7) is 4.65. The SMILES string of the molecule is CCOc1cc2c(cc1OCC)C(=O)C(=O)N2. The fraction of sp³-hybridized carbons (Fsp3) is 0.333. The van der Waals surface area contributed by atoms with Gasteiger partial charge in [-0.25, -0.2) is 0 Å². The molecule has 5 heteroatoms. The van der Waals surface area contributed by atoms with Crippen molar-refractivity contribution in [3.8, 4) is 11.5 Å². The highest BCUT2D eigenvalue weighted by atomic mass is 16.5. The van der Waals surface area contributed by atoms with E-state index >= 15 is 0 Å². The number of carbonyl (C=O) groups excluding carboxylic acids is 2. The van der Waals surface area contributed by atoms with Gasteiger partial charge in [-0.1, -0.05) is 0 Å². The van der Waals surface area contributed by atoms with Crippen molar-refractivity contribution in [2.45, 2.75) is 13.8 Å². The minimum Gasteiger partial charge on any atom is -0.490 e. The Labute approximate surface area is 98.7 Å². The number of benzene rings is 1. The molecule has 0 radical (unpaired) electrons. The summed E-state index contributed by atoms with van der Waals surface area (Å²) in [5.41, 5.74) is 0.814. The van der Waals surface area contributed by atoms with Gasteiger partial charge in [0.05, 0.1) is 24.5 Å². The quantitative estimate of drug-likeness (QED) is 0.805. The second-order valence-corrected chi connectivity index (χ2v) is 3.49. The Kier molecular flexibility index (Phi) is 2.99. The van der Waals surface area contributed by atoms with Crippen molar-refractivity contribution in [3.63, 3.8) is 0 Å². The third-order valence-electron chi connectivity index (χ3n) is 2.38. The molecule has 1 aromatic rings. The maximum absolute atomic E-state index is 11.5. The topological polar surface area (TPSA) is 64.6 Å². The lowest BCUT2D eigenvalue weighted by molar-refractivity contribution is -0.112. The fourth-order valence-corrected chi connectivity index (χ4v) is 1.69. The van der Waals surface area contributed by atoms with E-state index in [1.807, 2.05) is 13.8 Å². The average molecular weight is 235 g/mol. The number of rotatable bonds is 4. The van der Waals surface area contributed by atoms with E-state index in [-0.39, 0.29) is 0 Å². The van der Waals surface area contributed by atoms with Crippen LogP contribution in [0.5, 0.6) is 11.5 Å². The first-order chi connectivity index (χ1) is 8.17. The van der Waals surface area contributed by atoms with E-state index in [4.69, 9.17) is 9.47 Å². The fourth-order valence-electron chi connectivity index (χ4n) is 1.69. The molecule has 0 spiro atoms. The second kappa shape index (κ2) is 4.45. The molecule has 0 bridgehead atoms. The van der Waals surface area contributed by atoms with Crippen LogP contribution in [-0.4, -0.2) is 24.9 Å². The Morgan fingerprint density at radius 2 is 1.65 bits per heavy atom. The van der Waals surface area contributed by atoms with Crippen LogP contribution in [0.1, 0.15) is 24.2 Å². The van der Waals surface area contributed by atoms with Gasteiger partial charge in [0.2, 0.25) is 0 Å². The average Bonchev–Trinajstić information content (AvgIpc) is 2.57. The number of nitrogens with one attached hydrogen (secondary N) is 1. The standard InChI is InChI=1S/C12H13NO4/c1-3-16-9-5-7-8(6-10(9)17-4-2)13-12(15)11(7)14/h5-6H,3-4H2,1-2H3,(H,13,14,15). The Balaban J connectivity index is 2.46. The summed E-state index contributed by atoms with van der Waals surface area (Å²) in [5, 5.41) is 2.49. The smallest absolute Gasteiger partial charge is 0.296 e. The van der Waals surface area contributed by atoms with E-state index in [1.54, 1.807) is 12.1 Å². The lowest BCUT2D eigenvalue weighted by Crippen LogP contribution is -2.12. The molecule has 1 amide bonds. The number of amides is 1. The van der Waals surface area contributed by atoms with E-state index in [1.165, 1.54) is 0 Å². The van der Waals surface area contributed by atoms with E-state index in [0.717, 1.165) is 0 Å².